The minimum Gasteiger partial charge on any atom is -0.398 e. The second-order valence-electron chi connectivity index (χ2n) is 3.88. The summed E-state index contributed by atoms with van der Waals surface area (Å²) in [6.07, 6.45) is 0.208. The van der Waals surface area contributed by atoms with Gasteiger partial charge in [-0.05, 0) is 18.2 Å². The number of hydrogen-bond donors (Lipinski definition) is 2. The van der Waals surface area contributed by atoms with Gasteiger partial charge in [0.05, 0.1) is 5.56 Å². The molecule has 1 aromatic carbocycles. The van der Waals surface area contributed by atoms with Crippen molar-refractivity contribution in [2.45, 2.75) is 6.42 Å². The average Bonchev–Trinajstić information content (AvgIpc) is 2.34. The molecular formula is C12H16FN3O2. The van der Waals surface area contributed by atoms with E-state index >= 15 is 0 Å². The van der Waals surface area contributed by atoms with Gasteiger partial charge in [0.2, 0.25) is 5.91 Å². The van der Waals surface area contributed by atoms with Crippen LogP contribution in [0.1, 0.15) is 16.8 Å². The zero-order valence-electron chi connectivity index (χ0n) is 10.4. The summed E-state index contributed by atoms with van der Waals surface area (Å²) < 4.78 is 12.9. The lowest BCUT2D eigenvalue weighted by Crippen LogP contribution is -2.31. The monoisotopic (exact) mass is 253 g/mol. The molecule has 5 nitrogen and oxygen atoms in total. The van der Waals surface area contributed by atoms with Crippen molar-refractivity contribution in [1.82, 2.24) is 10.2 Å². The van der Waals surface area contributed by atoms with E-state index in [4.69, 9.17) is 5.73 Å². The van der Waals surface area contributed by atoms with Crippen LogP contribution in [0, 0.1) is 5.82 Å². The van der Waals surface area contributed by atoms with Crippen LogP contribution in [0.15, 0.2) is 18.2 Å². The van der Waals surface area contributed by atoms with Crippen LogP contribution in [0.25, 0.3) is 0 Å². The van der Waals surface area contributed by atoms with Gasteiger partial charge in [-0.15, -0.1) is 0 Å². The van der Waals surface area contributed by atoms with E-state index in [1.807, 2.05) is 0 Å². The Morgan fingerprint density at radius 1 is 1.44 bits per heavy atom. The molecule has 0 atom stereocenters. The van der Waals surface area contributed by atoms with Crippen molar-refractivity contribution < 1.29 is 14.0 Å². The van der Waals surface area contributed by atoms with Gasteiger partial charge < -0.3 is 16.0 Å². The third kappa shape index (κ3) is 3.44. The van der Waals surface area contributed by atoms with E-state index in [1.165, 1.54) is 24.1 Å². The fraction of sp³-hybridized carbons (Fsp3) is 0.333. The summed E-state index contributed by atoms with van der Waals surface area (Å²) in [5.41, 5.74) is 5.90. The molecule has 3 N–H and O–H groups in total. The van der Waals surface area contributed by atoms with Crippen molar-refractivity contribution in [2.24, 2.45) is 0 Å². The number of nitrogens with zero attached hydrogens (tertiary/aromatic N) is 1. The minimum absolute atomic E-state index is 0.0896. The normalized spacial score (nSPS) is 9.94. The van der Waals surface area contributed by atoms with Gasteiger partial charge in [-0.1, -0.05) is 0 Å². The summed E-state index contributed by atoms with van der Waals surface area (Å²) in [5, 5.41) is 2.47. The first-order chi connectivity index (χ1) is 8.45. The van der Waals surface area contributed by atoms with Crippen molar-refractivity contribution in [3.63, 3.8) is 0 Å². The molecule has 0 fully saturated rings. The van der Waals surface area contributed by atoms with Gasteiger partial charge in [0.25, 0.3) is 5.91 Å². The summed E-state index contributed by atoms with van der Waals surface area (Å²) in [6.45, 7) is 0.273. The number of carbonyl (C=O) groups excluding carboxylic acids is 2. The zero-order chi connectivity index (χ0) is 13.7. The maximum absolute atomic E-state index is 12.9. The highest BCUT2D eigenvalue weighted by Crippen LogP contribution is 2.15. The fourth-order valence-electron chi connectivity index (χ4n) is 1.43. The van der Waals surface area contributed by atoms with E-state index in [1.54, 1.807) is 7.05 Å². The molecule has 18 heavy (non-hydrogen) atoms. The van der Waals surface area contributed by atoms with Crippen molar-refractivity contribution in [3.8, 4) is 0 Å². The minimum atomic E-state index is -0.489. The van der Waals surface area contributed by atoms with Crippen molar-refractivity contribution >= 4 is 17.5 Å². The van der Waals surface area contributed by atoms with Crippen molar-refractivity contribution in [1.29, 1.82) is 0 Å². The average molecular weight is 253 g/mol. The molecule has 0 bridgehead atoms. The third-order valence-electron chi connectivity index (χ3n) is 2.54. The van der Waals surface area contributed by atoms with E-state index in [0.29, 0.717) is 0 Å². The molecule has 6 heteroatoms. The highest BCUT2D eigenvalue weighted by atomic mass is 19.1. The van der Waals surface area contributed by atoms with Crippen LogP contribution in [-0.2, 0) is 4.79 Å². The summed E-state index contributed by atoms with van der Waals surface area (Å²) in [5.74, 6) is -0.977. The SMILES string of the molecule is CNC(=O)CCN(C)C(=O)c1ccc(F)cc1N. The second-order valence-corrected chi connectivity index (χ2v) is 3.88. The molecule has 0 heterocycles. The van der Waals surface area contributed by atoms with Gasteiger partial charge in [-0.3, -0.25) is 9.59 Å². The van der Waals surface area contributed by atoms with Gasteiger partial charge in [0, 0.05) is 32.7 Å². The summed E-state index contributed by atoms with van der Waals surface area (Å²) in [6, 6.07) is 3.61. The first-order valence-electron chi connectivity index (χ1n) is 5.46. The molecule has 0 aliphatic carbocycles. The number of nitrogens with one attached hydrogen (secondary N) is 1. The Morgan fingerprint density at radius 2 is 2.11 bits per heavy atom. The molecule has 0 radical (unpaired) electrons. The number of amides is 2. The van der Waals surface area contributed by atoms with E-state index in [2.05, 4.69) is 5.32 Å². The number of carbonyl (C=O) groups is 2. The third-order valence-corrected chi connectivity index (χ3v) is 2.54. The molecule has 0 aliphatic heterocycles. The number of nitrogen functional groups attached to an aromatic ring is 1. The Balaban J connectivity index is 2.71. The quantitative estimate of drug-likeness (QED) is 0.772. The Morgan fingerprint density at radius 3 is 2.67 bits per heavy atom. The maximum Gasteiger partial charge on any atom is 0.255 e. The Labute approximate surface area is 105 Å². The second kappa shape index (κ2) is 6.00. The predicted octanol–water partition coefficient (Wildman–Crippen LogP) is 0.616. The Bertz CT molecular complexity index is 463. The Hall–Kier alpha value is -2.11. The topological polar surface area (TPSA) is 75.4 Å². The maximum atomic E-state index is 12.9. The number of benzene rings is 1. The fourth-order valence-corrected chi connectivity index (χ4v) is 1.43. The molecule has 0 unspecified atom stereocenters. The van der Waals surface area contributed by atoms with Gasteiger partial charge >= 0.3 is 0 Å². The molecule has 0 aromatic heterocycles. The lowest BCUT2D eigenvalue weighted by molar-refractivity contribution is -0.120. The van der Waals surface area contributed by atoms with Gasteiger partial charge in [0.15, 0.2) is 0 Å². The predicted molar refractivity (Wildman–Crippen MR) is 66.5 cm³/mol. The number of nitrogens with two attached hydrogens (primary N) is 1. The van der Waals surface area contributed by atoms with Crippen molar-refractivity contribution in [3.05, 3.63) is 29.6 Å². The van der Waals surface area contributed by atoms with E-state index in [-0.39, 0.29) is 36.0 Å². The zero-order valence-corrected chi connectivity index (χ0v) is 10.4. The number of anilines is 1. The van der Waals surface area contributed by atoms with Crippen LogP contribution < -0.4 is 11.1 Å². The van der Waals surface area contributed by atoms with Crippen LogP contribution in [0.3, 0.4) is 0 Å². The van der Waals surface area contributed by atoms with Crippen LogP contribution in [0.4, 0.5) is 10.1 Å². The molecule has 1 aromatic rings. The highest BCUT2D eigenvalue weighted by molar-refractivity contribution is 5.99. The van der Waals surface area contributed by atoms with Crippen LogP contribution >= 0.6 is 0 Å². The molecule has 0 saturated carbocycles. The molecule has 0 spiro atoms. The number of hydrogen-bond acceptors (Lipinski definition) is 3. The summed E-state index contributed by atoms with van der Waals surface area (Å²) in [7, 11) is 3.09. The lowest BCUT2D eigenvalue weighted by atomic mass is 10.1. The highest BCUT2D eigenvalue weighted by Gasteiger charge is 2.15. The van der Waals surface area contributed by atoms with Crippen molar-refractivity contribution in [2.75, 3.05) is 26.4 Å². The molecular weight excluding hydrogens is 237 g/mol. The van der Waals surface area contributed by atoms with Gasteiger partial charge in [0.1, 0.15) is 5.82 Å². The molecule has 0 aliphatic rings. The van der Waals surface area contributed by atoms with E-state index in [0.717, 1.165) is 6.07 Å². The Kier molecular flexibility index (Phi) is 4.65. The van der Waals surface area contributed by atoms with Gasteiger partial charge in [-0.2, -0.15) is 0 Å². The van der Waals surface area contributed by atoms with Crippen LogP contribution in [0.2, 0.25) is 0 Å². The molecule has 1 rings (SSSR count). The van der Waals surface area contributed by atoms with Gasteiger partial charge in [-0.25, -0.2) is 4.39 Å². The van der Waals surface area contributed by atoms with E-state index < -0.39 is 5.82 Å². The first kappa shape index (κ1) is 14.0. The molecule has 2 amide bonds. The largest absolute Gasteiger partial charge is 0.398 e. The number of halogens is 1. The molecule has 0 saturated heterocycles. The number of rotatable bonds is 4. The van der Waals surface area contributed by atoms with Crippen LogP contribution in [0.5, 0.6) is 0 Å². The first-order valence-corrected chi connectivity index (χ1v) is 5.46. The smallest absolute Gasteiger partial charge is 0.255 e. The summed E-state index contributed by atoms with van der Waals surface area (Å²) in [4.78, 5) is 24.4. The standard InChI is InChI=1S/C12H16FN3O2/c1-15-11(17)5-6-16(2)12(18)9-4-3-8(13)7-10(9)14/h3-4,7H,5-6,14H2,1-2H3,(H,15,17). The summed E-state index contributed by atoms with van der Waals surface area (Å²) >= 11 is 0. The van der Waals surface area contributed by atoms with Crippen LogP contribution in [-0.4, -0.2) is 37.4 Å². The lowest BCUT2D eigenvalue weighted by Gasteiger charge is -2.17. The molecule has 98 valence electrons. The van der Waals surface area contributed by atoms with E-state index in [9.17, 15) is 14.0 Å².